The Morgan fingerprint density at radius 3 is 2.32 bits per heavy atom. The van der Waals surface area contributed by atoms with E-state index in [-0.39, 0.29) is 18.0 Å². The van der Waals surface area contributed by atoms with Gasteiger partial charge in [-0.25, -0.2) is 13.2 Å². The van der Waals surface area contributed by atoms with Gasteiger partial charge in [0.05, 0.1) is 10.1 Å². The molecule has 11 heteroatoms. The van der Waals surface area contributed by atoms with Crippen LogP contribution >= 0.6 is 0 Å². The lowest BCUT2D eigenvalue weighted by Crippen LogP contribution is -2.36. The maximum atomic E-state index is 12.1. The molecule has 0 fully saturated rings. The zero-order chi connectivity index (χ0) is 21.3. The van der Waals surface area contributed by atoms with Crippen LogP contribution in [0.3, 0.4) is 0 Å². The minimum absolute atomic E-state index is 0.117. The van der Waals surface area contributed by atoms with Crippen LogP contribution in [0, 0.1) is 0 Å². The number of ether oxygens (including phenoxy) is 2. The molecule has 1 aromatic heterocycles. The first-order valence-corrected chi connectivity index (χ1v) is 9.43. The summed E-state index contributed by atoms with van der Waals surface area (Å²) in [7, 11) is -3.92. The largest absolute Gasteiger partial charge is 0.748 e. The van der Waals surface area contributed by atoms with Crippen LogP contribution in [0.2, 0.25) is 0 Å². The van der Waals surface area contributed by atoms with Crippen molar-refractivity contribution < 1.29 is 41.4 Å². The van der Waals surface area contributed by atoms with Crippen LogP contribution in [-0.4, -0.2) is 37.1 Å². The van der Waals surface area contributed by atoms with Crippen molar-refractivity contribution in [3.63, 3.8) is 0 Å². The third-order valence-corrected chi connectivity index (χ3v) is 2.85. The first-order chi connectivity index (χ1) is 13.0. The van der Waals surface area contributed by atoms with Crippen molar-refractivity contribution in [2.45, 2.75) is 13.7 Å². The van der Waals surface area contributed by atoms with E-state index in [1.165, 1.54) is 29.8 Å². The Balaban J connectivity index is 0.000000696. The van der Waals surface area contributed by atoms with Gasteiger partial charge in [-0.2, -0.15) is 4.57 Å². The van der Waals surface area contributed by atoms with Gasteiger partial charge in [0.2, 0.25) is 0 Å². The Hall–Kier alpha value is -3.31. The van der Waals surface area contributed by atoms with Gasteiger partial charge in [-0.15, -0.1) is 0 Å². The number of esters is 2. The monoisotopic (exact) mass is 410 g/mol. The van der Waals surface area contributed by atoms with Gasteiger partial charge in [-0.1, -0.05) is 12.1 Å². The van der Waals surface area contributed by atoms with Crippen molar-refractivity contribution in [2.75, 3.05) is 6.26 Å². The average Bonchev–Trinajstić information content (AvgIpc) is 2.58. The summed E-state index contributed by atoms with van der Waals surface area (Å²) in [5, 5.41) is 0. The van der Waals surface area contributed by atoms with Crippen LogP contribution in [0.25, 0.3) is 0 Å². The van der Waals surface area contributed by atoms with E-state index in [9.17, 15) is 14.4 Å². The molecule has 0 bridgehead atoms. The molecule has 0 unspecified atom stereocenters. The van der Waals surface area contributed by atoms with Crippen LogP contribution in [0.15, 0.2) is 48.8 Å². The van der Waals surface area contributed by atoms with Crippen molar-refractivity contribution in [1.82, 2.24) is 0 Å². The molecule has 0 aliphatic carbocycles. The van der Waals surface area contributed by atoms with Gasteiger partial charge in [0, 0.05) is 19.2 Å². The lowest BCUT2D eigenvalue weighted by Gasteiger charge is -2.07. The molecule has 2 N–H and O–H groups in total. The zero-order valence-corrected chi connectivity index (χ0v) is 15.8. The van der Waals surface area contributed by atoms with E-state index >= 15 is 0 Å². The highest BCUT2D eigenvalue weighted by Gasteiger charge is 2.17. The molecule has 1 amide bonds. The van der Waals surface area contributed by atoms with E-state index in [1.54, 1.807) is 30.5 Å². The number of carbonyl (C=O) groups is 3. The van der Waals surface area contributed by atoms with E-state index in [2.05, 4.69) is 0 Å². The Kier molecular flexibility index (Phi) is 8.23. The van der Waals surface area contributed by atoms with Crippen LogP contribution in [0.1, 0.15) is 27.6 Å². The molecule has 2 rings (SSSR count). The predicted molar refractivity (Wildman–Crippen MR) is 93.9 cm³/mol. The number of hydrogen-bond donors (Lipinski definition) is 1. The van der Waals surface area contributed by atoms with Gasteiger partial charge >= 0.3 is 11.9 Å². The number of pyridine rings is 1. The highest BCUT2D eigenvalue weighted by atomic mass is 32.2. The standard InChI is InChI=1S/C16H14N2O5.CH4O3S/c1-11(19)23-14-7-3-2-6-13(14)16(21)22-10-18-8-4-5-12(9-18)15(17)20;1-5(2,3)4/h2-9H,10H2,1H3,(H-,17,20);1H3,(H,2,3,4). The topological polar surface area (TPSA) is 157 Å². The molecule has 0 saturated carbocycles. The van der Waals surface area contributed by atoms with Gasteiger partial charge in [0.25, 0.3) is 12.6 Å². The van der Waals surface area contributed by atoms with Crippen molar-refractivity contribution in [2.24, 2.45) is 5.73 Å². The molecule has 0 aliphatic rings. The summed E-state index contributed by atoms with van der Waals surface area (Å²) in [6, 6.07) is 9.42. The SMILES string of the molecule is CC(=O)Oc1ccccc1C(=O)OC[n+]1cccc(C(N)=O)c1.CS(=O)(=O)[O-]. The molecule has 0 spiro atoms. The van der Waals surface area contributed by atoms with Gasteiger partial charge in [-0.3, -0.25) is 9.59 Å². The smallest absolute Gasteiger partial charge is 0.346 e. The quantitative estimate of drug-likeness (QED) is 0.312. The Morgan fingerprint density at radius 1 is 1.14 bits per heavy atom. The Labute approximate surface area is 161 Å². The number of nitrogens with two attached hydrogens (primary N) is 1. The van der Waals surface area contributed by atoms with Crippen LogP contribution < -0.4 is 15.0 Å². The van der Waals surface area contributed by atoms with Crippen LogP contribution in [0.5, 0.6) is 5.75 Å². The maximum absolute atomic E-state index is 12.1. The molecular formula is C17H18N2O8S. The number of aromatic nitrogens is 1. The fraction of sp³-hybridized carbons (Fsp3) is 0.176. The van der Waals surface area contributed by atoms with Crippen LogP contribution in [-0.2, 0) is 26.4 Å². The Morgan fingerprint density at radius 2 is 1.75 bits per heavy atom. The number of para-hydroxylation sites is 1. The van der Waals surface area contributed by atoms with E-state index < -0.39 is 28.0 Å². The van der Waals surface area contributed by atoms with Crippen molar-refractivity contribution in [3.8, 4) is 5.75 Å². The number of benzene rings is 1. The zero-order valence-electron chi connectivity index (χ0n) is 15.0. The summed E-state index contributed by atoms with van der Waals surface area (Å²) in [6.45, 7) is 1.13. The molecule has 150 valence electrons. The Bertz CT molecular complexity index is 965. The highest BCUT2D eigenvalue weighted by Crippen LogP contribution is 2.19. The second kappa shape index (κ2) is 10.1. The third kappa shape index (κ3) is 8.87. The molecule has 2 aromatic rings. The number of primary amides is 1. The summed E-state index contributed by atoms with van der Waals surface area (Å²) >= 11 is 0. The van der Waals surface area contributed by atoms with E-state index in [0.29, 0.717) is 11.8 Å². The number of carbonyl (C=O) groups excluding carboxylic acids is 3. The lowest BCUT2D eigenvalue weighted by atomic mass is 10.2. The number of amides is 1. The van der Waals surface area contributed by atoms with E-state index in [0.717, 1.165) is 0 Å². The minimum atomic E-state index is -3.92. The molecule has 10 nitrogen and oxygen atoms in total. The van der Waals surface area contributed by atoms with Gasteiger partial charge < -0.3 is 19.8 Å². The average molecular weight is 410 g/mol. The lowest BCUT2D eigenvalue weighted by molar-refractivity contribution is -0.727. The van der Waals surface area contributed by atoms with Gasteiger partial charge in [-0.05, 0) is 18.2 Å². The molecule has 1 aromatic carbocycles. The van der Waals surface area contributed by atoms with E-state index in [4.69, 9.17) is 28.2 Å². The predicted octanol–water partition coefficient (Wildman–Crippen LogP) is -0.0258. The summed E-state index contributed by atoms with van der Waals surface area (Å²) in [5.41, 5.74) is 5.62. The second-order valence-electron chi connectivity index (χ2n) is 5.33. The molecule has 0 aliphatic heterocycles. The van der Waals surface area contributed by atoms with Crippen LogP contribution in [0.4, 0.5) is 0 Å². The summed E-state index contributed by atoms with van der Waals surface area (Å²) in [4.78, 5) is 34.3. The normalized spacial score (nSPS) is 10.2. The maximum Gasteiger partial charge on any atom is 0.346 e. The first-order valence-electron chi connectivity index (χ1n) is 7.61. The molecule has 0 atom stereocenters. The van der Waals surface area contributed by atoms with Gasteiger partial charge in [0.15, 0.2) is 12.4 Å². The molecular weight excluding hydrogens is 392 g/mol. The molecule has 0 saturated heterocycles. The van der Waals surface area contributed by atoms with Crippen molar-refractivity contribution in [3.05, 3.63) is 59.9 Å². The second-order valence-corrected chi connectivity index (χ2v) is 6.73. The number of nitrogens with zero attached hydrogens (tertiary/aromatic N) is 1. The molecule has 0 radical (unpaired) electrons. The fourth-order valence-electron chi connectivity index (χ4n) is 1.84. The molecule has 28 heavy (non-hydrogen) atoms. The first kappa shape index (κ1) is 22.7. The number of rotatable bonds is 5. The summed E-state index contributed by atoms with van der Waals surface area (Å²) in [5.74, 6) is -1.64. The summed E-state index contributed by atoms with van der Waals surface area (Å²) < 4.78 is 38.8. The van der Waals surface area contributed by atoms with E-state index in [1.807, 2.05) is 0 Å². The summed E-state index contributed by atoms with van der Waals surface area (Å²) in [6.07, 6.45) is 3.69. The van der Waals surface area contributed by atoms with Gasteiger partial charge in [0.1, 0.15) is 16.9 Å². The third-order valence-electron chi connectivity index (χ3n) is 2.85. The molecule has 1 heterocycles. The fourth-order valence-corrected chi connectivity index (χ4v) is 1.84. The minimum Gasteiger partial charge on any atom is -0.748 e. The highest BCUT2D eigenvalue weighted by molar-refractivity contribution is 7.84. The van der Waals surface area contributed by atoms with Crippen molar-refractivity contribution >= 4 is 28.0 Å². The number of hydrogen-bond acceptors (Lipinski definition) is 8. The van der Waals surface area contributed by atoms with Crippen molar-refractivity contribution in [1.29, 1.82) is 0 Å².